The highest BCUT2D eigenvalue weighted by Crippen LogP contribution is 2.27. The number of morpholine rings is 1. The van der Waals surface area contributed by atoms with Gasteiger partial charge in [-0.25, -0.2) is 0 Å². The summed E-state index contributed by atoms with van der Waals surface area (Å²) in [5, 5.41) is 6.22. The lowest BCUT2D eigenvalue weighted by Gasteiger charge is -2.24. The van der Waals surface area contributed by atoms with Gasteiger partial charge in [0.1, 0.15) is 6.04 Å². The van der Waals surface area contributed by atoms with E-state index in [2.05, 4.69) is 59.2 Å². The van der Waals surface area contributed by atoms with Crippen molar-refractivity contribution in [1.29, 1.82) is 0 Å². The third-order valence-electron chi connectivity index (χ3n) is 4.37. The second kappa shape index (κ2) is 8.62. The zero-order valence-electron chi connectivity index (χ0n) is 13.8. The van der Waals surface area contributed by atoms with Gasteiger partial charge in [-0.3, -0.25) is 4.79 Å². The predicted molar refractivity (Wildman–Crippen MR) is 95.0 cm³/mol. The van der Waals surface area contributed by atoms with Crippen molar-refractivity contribution in [2.24, 2.45) is 0 Å². The summed E-state index contributed by atoms with van der Waals surface area (Å²) in [5.74, 6) is 0.304. The molecule has 0 aromatic heterocycles. The molecule has 2 N–H and O–H groups in total. The largest absolute Gasteiger partial charge is 0.378 e. The minimum Gasteiger partial charge on any atom is -0.378 e. The second-order valence-electron chi connectivity index (χ2n) is 6.04. The molecule has 24 heavy (non-hydrogen) atoms. The number of amides is 1. The fraction of sp³-hybridized carbons (Fsp3) is 0.350. The molecule has 0 bridgehead atoms. The van der Waals surface area contributed by atoms with Crippen molar-refractivity contribution in [3.63, 3.8) is 0 Å². The van der Waals surface area contributed by atoms with Crippen molar-refractivity contribution >= 4 is 5.91 Å². The summed E-state index contributed by atoms with van der Waals surface area (Å²) in [7, 11) is 0. The van der Waals surface area contributed by atoms with Gasteiger partial charge in [-0.1, -0.05) is 60.7 Å². The molecule has 0 radical (unpaired) electrons. The topological polar surface area (TPSA) is 50.4 Å². The molecule has 1 aliphatic heterocycles. The van der Waals surface area contributed by atoms with Gasteiger partial charge in [0, 0.05) is 19.0 Å². The van der Waals surface area contributed by atoms with Crippen molar-refractivity contribution in [3.05, 3.63) is 71.8 Å². The van der Waals surface area contributed by atoms with Crippen LogP contribution in [0.5, 0.6) is 0 Å². The van der Waals surface area contributed by atoms with Crippen LogP contribution in [0.4, 0.5) is 0 Å². The average molecular weight is 324 g/mol. The number of nitrogens with one attached hydrogen (secondary N) is 2. The summed E-state index contributed by atoms with van der Waals surface area (Å²) >= 11 is 0. The van der Waals surface area contributed by atoms with Gasteiger partial charge in [0.15, 0.2) is 0 Å². The molecule has 2 aromatic carbocycles. The Balaban J connectivity index is 1.61. The quantitative estimate of drug-likeness (QED) is 0.857. The van der Waals surface area contributed by atoms with Crippen LogP contribution >= 0.6 is 0 Å². The monoisotopic (exact) mass is 324 g/mol. The van der Waals surface area contributed by atoms with Gasteiger partial charge in [0.2, 0.25) is 5.91 Å². The van der Waals surface area contributed by atoms with Gasteiger partial charge in [-0.15, -0.1) is 0 Å². The minimum absolute atomic E-state index is 0.0228. The summed E-state index contributed by atoms with van der Waals surface area (Å²) in [4.78, 5) is 12.2. The molecule has 1 fully saturated rings. The maximum absolute atomic E-state index is 12.2. The number of ether oxygens (including phenoxy) is 1. The van der Waals surface area contributed by atoms with E-state index in [9.17, 15) is 4.79 Å². The summed E-state index contributed by atoms with van der Waals surface area (Å²) < 4.78 is 5.35. The van der Waals surface area contributed by atoms with E-state index in [1.165, 1.54) is 11.1 Å². The second-order valence-corrected chi connectivity index (χ2v) is 6.04. The van der Waals surface area contributed by atoms with E-state index in [-0.39, 0.29) is 17.9 Å². The van der Waals surface area contributed by atoms with E-state index in [0.29, 0.717) is 19.8 Å². The predicted octanol–water partition coefficient (Wildman–Crippen LogP) is 2.31. The molecule has 0 spiro atoms. The molecule has 1 aliphatic rings. The van der Waals surface area contributed by atoms with Gasteiger partial charge in [-0.05, 0) is 17.5 Å². The van der Waals surface area contributed by atoms with Crippen LogP contribution in [-0.4, -0.2) is 38.3 Å². The third kappa shape index (κ3) is 4.43. The third-order valence-corrected chi connectivity index (χ3v) is 4.37. The highest BCUT2D eigenvalue weighted by atomic mass is 16.5. The zero-order valence-corrected chi connectivity index (χ0v) is 13.8. The summed E-state index contributed by atoms with van der Waals surface area (Å²) in [6.45, 7) is 2.50. The van der Waals surface area contributed by atoms with Crippen LogP contribution in [0.25, 0.3) is 0 Å². The molecular formula is C20H24N2O2. The van der Waals surface area contributed by atoms with Crippen LogP contribution in [-0.2, 0) is 9.53 Å². The maximum Gasteiger partial charge on any atom is 0.239 e. The van der Waals surface area contributed by atoms with Crippen LogP contribution in [0.1, 0.15) is 23.5 Å². The first-order chi connectivity index (χ1) is 11.8. The fourth-order valence-electron chi connectivity index (χ4n) is 3.09. The fourth-order valence-corrected chi connectivity index (χ4v) is 3.09. The average Bonchev–Trinajstić information content (AvgIpc) is 2.67. The van der Waals surface area contributed by atoms with E-state index in [4.69, 9.17) is 4.74 Å². The SMILES string of the molecule is O=C(NCCC(c1ccccc1)c1ccccc1)[C@H]1COCCN1. The first kappa shape index (κ1) is 16.7. The van der Waals surface area contributed by atoms with Gasteiger partial charge >= 0.3 is 0 Å². The van der Waals surface area contributed by atoms with E-state index in [0.717, 1.165) is 13.0 Å². The Hall–Kier alpha value is -2.17. The normalized spacial score (nSPS) is 17.6. The lowest BCUT2D eigenvalue weighted by molar-refractivity contribution is -0.125. The van der Waals surface area contributed by atoms with Crippen LogP contribution < -0.4 is 10.6 Å². The Morgan fingerprint density at radius 1 is 1.08 bits per heavy atom. The Bertz CT molecular complexity index is 585. The number of carbonyl (C=O) groups excluding carboxylic acids is 1. The number of rotatable bonds is 6. The molecule has 0 saturated carbocycles. The van der Waals surface area contributed by atoms with Crippen molar-refractivity contribution in [2.75, 3.05) is 26.3 Å². The maximum atomic E-state index is 12.2. The van der Waals surface area contributed by atoms with Gasteiger partial charge in [0.05, 0.1) is 13.2 Å². The Kier molecular flexibility index (Phi) is 5.99. The van der Waals surface area contributed by atoms with Gasteiger partial charge in [-0.2, -0.15) is 0 Å². The van der Waals surface area contributed by atoms with E-state index >= 15 is 0 Å². The van der Waals surface area contributed by atoms with Crippen molar-refractivity contribution in [3.8, 4) is 0 Å². The van der Waals surface area contributed by atoms with Crippen LogP contribution in [0, 0.1) is 0 Å². The lowest BCUT2D eigenvalue weighted by atomic mass is 9.88. The van der Waals surface area contributed by atoms with E-state index in [1.807, 2.05) is 12.1 Å². The molecule has 126 valence electrons. The molecule has 4 nitrogen and oxygen atoms in total. The first-order valence-electron chi connectivity index (χ1n) is 8.53. The summed E-state index contributed by atoms with van der Waals surface area (Å²) in [5.41, 5.74) is 2.55. The molecule has 0 unspecified atom stereocenters. The molecule has 3 rings (SSSR count). The number of hydrogen-bond donors (Lipinski definition) is 2. The Morgan fingerprint density at radius 2 is 1.71 bits per heavy atom. The zero-order chi connectivity index (χ0) is 16.6. The minimum atomic E-state index is -0.231. The molecule has 1 atom stereocenters. The standard InChI is InChI=1S/C20H24N2O2/c23-20(19-15-24-14-13-21-19)22-12-11-18(16-7-3-1-4-8-16)17-9-5-2-6-10-17/h1-10,18-19,21H,11-15H2,(H,22,23)/t19-/m1/s1. The van der Waals surface area contributed by atoms with Crippen molar-refractivity contribution < 1.29 is 9.53 Å². The molecular weight excluding hydrogens is 300 g/mol. The molecule has 1 saturated heterocycles. The Labute approximate surface area is 143 Å². The summed E-state index contributed by atoms with van der Waals surface area (Å²) in [6.07, 6.45) is 0.868. The first-order valence-corrected chi connectivity index (χ1v) is 8.53. The van der Waals surface area contributed by atoms with Crippen molar-refractivity contribution in [2.45, 2.75) is 18.4 Å². The van der Waals surface area contributed by atoms with Crippen molar-refractivity contribution in [1.82, 2.24) is 10.6 Å². The molecule has 1 amide bonds. The van der Waals surface area contributed by atoms with Gasteiger partial charge < -0.3 is 15.4 Å². The molecule has 1 heterocycles. The van der Waals surface area contributed by atoms with Gasteiger partial charge in [0.25, 0.3) is 0 Å². The Morgan fingerprint density at radius 3 is 2.25 bits per heavy atom. The number of hydrogen-bond acceptors (Lipinski definition) is 3. The van der Waals surface area contributed by atoms with E-state index in [1.54, 1.807) is 0 Å². The van der Waals surface area contributed by atoms with Crippen LogP contribution in [0.2, 0.25) is 0 Å². The highest BCUT2D eigenvalue weighted by Gasteiger charge is 2.21. The molecule has 0 aliphatic carbocycles. The molecule has 2 aromatic rings. The highest BCUT2D eigenvalue weighted by molar-refractivity contribution is 5.81. The van der Waals surface area contributed by atoms with E-state index < -0.39 is 0 Å². The van der Waals surface area contributed by atoms with Crippen LogP contribution in [0.3, 0.4) is 0 Å². The lowest BCUT2D eigenvalue weighted by Crippen LogP contribution is -2.51. The molecule has 4 heteroatoms. The summed E-state index contributed by atoms with van der Waals surface area (Å²) in [6, 6.07) is 20.7. The number of carbonyl (C=O) groups is 1. The smallest absolute Gasteiger partial charge is 0.239 e. The number of benzene rings is 2. The van der Waals surface area contributed by atoms with Crippen LogP contribution in [0.15, 0.2) is 60.7 Å².